The number of benzene rings is 1. The molecule has 0 aliphatic carbocycles. The molecule has 1 aromatic carbocycles. The summed E-state index contributed by atoms with van der Waals surface area (Å²) in [7, 11) is 0. The summed E-state index contributed by atoms with van der Waals surface area (Å²) in [5.74, 6) is 0.501. The first kappa shape index (κ1) is 16.6. The smallest absolute Gasteiger partial charge is 0.225 e. The SMILES string of the molecule is O=C(NC[C@@H]1Cc2ccccc2O1)[C@H]1CC(=O)N(Cc2ccccn2)C1. The van der Waals surface area contributed by atoms with Gasteiger partial charge in [-0.15, -0.1) is 0 Å². The Kier molecular flexibility index (Phi) is 4.56. The lowest BCUT2D eigenvalue weighted by Gasteiger charge is -2.17. The predicted molar refractivity (Wildman–Crippen MR) is 95.3 cm³/mol. The van der Waals surface area contributed by atoms with Gasteiger partial charge in [0.2, 0.25) is 11.8 Å². The van der Waals surface area contributed by atoms with E-state index in [1.54, 1.807) is 11.1 Å². The van der Waals surface area contributed by atoms with Crippen LogP contribution in [0.15, 0.2) is 48.7 Å². The first-order valence-corrected chi connectivity index (χ1v) is 8.89. The molecule has 1 fully saturated rings. The molecule has 0 spiro atoms. The van der Waals surface area contributed by atoms with Crippen molar-refractivity contribution < 1.29 is 14.3 Å². The Bertz CT molecular complexity index is 784. The molecule has 3 heterocycles. The zero-order valence-corrected chi connectivity index (χ0v) is 14.4. The van der Waals surface area contributed by atoms with E-state index in [-0.39, 0.29) is 30.3 Å². The number of para-hydroxylation sites is 1. The third-order valence-electron chi connectivity index (χ3n) is 4.88. The Morgan fingerprint density at radius 3 is 2.85 bits per heavy atom. The lowest BCUT2D eigenvalue weighted by atomic mass is 10.1. The van der Waals surface area contributed by atoms with Crippen molar-refractivity contribution in [1.82, 2.24) is 15.2 Å². The maximum atomic E-state index is 12.5. The van der Waals surface area contributed by atoms with Crippen molar-refractivity contribution in [2.24, 2.45) is 5.92 Å². The number of likely N-dealkylation sites (tertiary alicyclic amines) is 1. The molecular weight excluding hydrogens is 330 g/mol. The highest BCUT2D eigenvalue weighted by Crippen LogP contribution is 2.28. The monoisotopic (exact) mass is 351 g/mol. The highest BCUT2D eigenvalue weighted by Gasteiger charge is 2.35. The standard InChI is InChI=1S/C20H21N3O3/c24-19-10-15(12-23(19)13-16-6-3-4-8-21-16)20(25)22-11-17-9-14-5-1-2-7-18(14)26-17/h1-8,15,17H,9-13H2,(H,22,25)/t15-,17-/m0/s1. The summed E-state index contributed by atoms with van der Waals surface area (Å²) in [6.45, 7) is 1.34. The Hall–Kier alpha value is -2.89. The number of hydrogen-bond acceptors (Lipinski definition) is 4. The number of amides is 2. The largest absolute Gasteiger partial charge is 0.488 e. The van der Waals surface area contributed by atoms with E-state index in [9.17, 15) is 9.59 Å². The Labute approximate surface area is 152 Å². The van der Waals surface area contributed by atoms with Crippen LogP contribution in [0.25, 0.3) is 0 Å². The summed E-state index contributed by atoms with van der Waals surface area (Å²) in [4.78, 5) is 30.6. The normalized spacial score (nSPS) is 21.4. The van der Waals surface area contributed by atoms with Gasteiger partial charge in [-0.2, -0.15) is 0 Å². The zero-order chi connectivity index (χ0) is 17.9. The van der Waals surface area contributed by atoms with E-state index in [4.69, 9.17) is 4.74 Å². The van der Waals surface area contributed by atoms with Gasteiger partial charge in [-0.1, -0.05) is 24.3 Å². The number of nitrogens with one attached hydrogen (secondary N) is 1. The van der Waals surface area contributed by atoms with Gasteiger partial charge in [0.15, 0.2) is 0 Å². The molecule has 6 heteroatoms. The number of carbonyl (C=O) groups excluding carboxylic acids is 2. The Morgan fingerprint density at radius 1 is 1.19 bits per heavy atom. The second-order valence-corrected chi connectivity index (χ2v) is 6.79. The number of pyridine rings is 1. The molecule has 134 valence electrons. The molecule has 6 nitrogen and oxygen atoms in total. The second kappa shape index (κ2) is 7.15. The van der Waals surface area contributed by atoms with Crippen LogP contribution in [0.5, 0.6) is 5.75 Å². The maximum Gasteiger partial charge on any atom is 0.225 e. The molecule has 26 heavy (non-hydrogen) atoms. The molecule has 2 atom stereocenters. The van der Waals surface area contributed by atoms with Crippen molar-refractivity contribution in [2.45, 2.75) is 25.5 Å². The molecule has 0 radical (unpaired) electrons. The lowest BCUT2D eigenvalue weighted by Crippen LogP contribution is -2.38. The first-order chi connectivity index (χ1) is 12.7. The third kappa shape index (κ3) is 3.54. The van der Waals surface area contributed by atoms with Crippen molar-refractivity contribution in [1.29, 1.82) is 0 Å². The van der Waals surface area contributed by atoms with Crippen LogP contribution in [0.2, 0.25) is 0 Å². The molecule has 1 aromatic heterocycles. The van der Waals surface area contributed by atoms with Gasteiger partial charge in [-0.05, 0) is 23.8 Å². The molecule has 2 aromatic rings. The van der Waals surface area contributed by atoms with E-state index < -0.39 is 0 Å². The third-order valence-corrected chi connectivity index (χ3v) is 4.88. The highest BCUT2D eigenvalue weighted by atomic mass is 16.5. The van der Waals surface area contributed by atoms with Crippen molar-refractivity contribution in [3.8, 4) is 5.75 Å². The minimum atomic E-state index is -0.310. The van der Waals surface area contributed by atoms with E-state index in [0.29, 0.717) is 19.6 Å². The Morgan fingerprint density at radius 2 is 2.04 bits per heavy atom. The minimum absolute atomic E-state index is 0.000301. The molecule has 1 N–H and O–H groups in total. The number of carbonyl (C=O) groups is 2. The van der Waals surface area contributed by atoms with Crippen LogP contribution in [-0.2, 0) is 22.6 Å². The van der Waals surface area contributed by atoms with Crippen LogP contribution < -0.4 is 10.1 Å². The van der Waals surface area contributed by atoms with Crippen LogP contribution in [0.4, 0.5) is 0 Å². The van der Waals surface area contributed by atoms with Crippen LogP contribution in [0.1, 0.15) is 17.7 Å². The van der Waals surface area contributed by atoms with Crippen LogP contribution in [-0.4, -0.2) is 40.9 Å². The average molecular weight is 351 g/mol. The summed E-state index contributed by atoms with van der Waals surface area (Å²) in [5.41, 5.74) is 2.00. The fraction of sp³-hybridized carbons (Fsp3) is 0.350. The molecule has 2 aliphatic rings. The van der Waals surface area contributed by atoms with Crippen molar-refractivity contribution in [3.05, 3.63) is 59.9 Å². The summed E-state index contributed by atoms with van der Waals surface area (Å²) < 4.78 is 5.84. The van der Waals surface area contributed by atoms with Gasteiger partial charge >= 0.3 is 0 Å². The van der Waals surface area contributed by atoms with Crippen molar-refractivity contribution >= 4 is 11.8 Å². The van der Waals surface area contributed by atoms with Gasteiger partial charge in [0.25, 0.3) is 0 Å². The van der Waals surface area contributed by atoms with Crippen molar-refractivity contribution in [3.63, 3.8) is 0 Å². The van der Waals surface area contributed by atoms with Gasteiger partial charge in [0, 0.05) is 25.6 Å². The van der Waals surface area contributed by atoms with E-state index in [1.165, 1.54) is 5.56 Å². The molecule has 0 saturated carbocycles. The first-order valence-electron chi connectivity index (χ1n) is 8.89. The summed E-state index contributed by atoms with van der Waals surface area (Å²) in [6.07, 6.45) is 2.72. The molecule has 2 amide bonds. The number of nitrogens with zero attached hydrogens (tertiary/aromatic N) is 2. The van der Waals surface area contributed by atoms with Crippen molar-refractivity contribution in [2.75, 3.05) is 13.1 Å². The van der Waals surface area contributed by atoms with Gasteiger partial charge < -0.3 is 15.0 Å². The fourth-order valence-electron chi connectivity index (χ4n) is 3.51. The maximum absolute atomic E-state index is 12.5. The van der Waals surface area contributed by atoms with Crippen LogP contribution in [0, 0.1) is 5.92 Å². The lowest BCUT2D eigenvalue weighted by molar-refractivity contribution is -0.129. The molecule has 0 unspecified atom stereocenters. The molecular formula is C20H21N3O3. The van der Waals surface area contributed by atoms with Crippen LogP contribution >= 0.6 is 0 Å². The topological polar surface area (TPSA) is 71.5 Å². The zero-order valence-electron chi connectivity index (χ0n) is 14.4. The fourth-order valence-corrected chi connectivity index (χ4v) is 3.51. The number of rotatable bonds is 5. The van der Waals surface area contributed by atoms with Gasteiger partial charge in [0.05, 0.1) is 24.7 Å². The number of aromatic nitrogens is 1. The predicted octanol–water partition coefficient (Wildman–Crippen LogP) is 1.55. The van der Waals surface area contributed by atoms with E-state index >= 15 is 0 Å². The summed E-state index contributed by atoms with van der Waals surface area (Å²) >= 11 is 0. The van der Waals surface area contributed by atoms with E-state index in [2.05, 4.69) is 10.3 Å². The molecule has 1 saturated heterocycles. The quantitative estimate of drug-likeness (QED) is 0.887. The summed E-state index contributed by atoms with van der Waals surface area (Å²) in [6, 6.07) is 13.5. The van der Waals surface area contributed by atoms with E-state index in [1.807, 2.05) is 42.5 Å². The molecule has 4 rings (SSSR count). The number of hydrogen-bond donors (Lipinski definition) is 1. The van der Waals surface area contributed by atoms with Crippen LogP contribution in [0.3, 0.4) is 0 Å². The second-order valence-electron chi connectivity index (χ2n) is 6.79. The highest BCUT2D eigenvalue weighted by molar-refractivity contribution is 5.89. The number of ether oxygens (including phenoxy) is 1. The Balaban J connectivity index is 1.27. The average Bonchev–Trinajstić information content (AvgIpc) is 3.24. The van der Waals surface area contributed by atoms with Gasteiger partial charge in [-0.25, -0.2) is 0 Å². The molecule has 2 aliphatic heterocycles. The summed E-state index contributed by atoms with van der Waals surface area (Å²) in [5, 5.41) is 2.95. The minimum Gasteiger partial charge on any atom is -0.488 e. The molecule has 0 bridgehead atoms. The van der Waals surface area contributed by atoms with E-state index in [0.717, 1.165) is 17.9 Å². The number of fused-ring (bicyclic) bond motifs is 1. The van der Waals surface area contributed by atoms with Gasteiger partial charge in [0.1, 0.15) is 11.9 Å². The van der Waals surface area contributed by atoms with Gasteiger partial charge in [-0.3, -0.25) is 14.6 Å².